The molecule has 0 aromatic carbocycles. The molecule has 0 unspecified atom stereocenters. The molecule has 2 heteroatoms. The van der Waals surface area contributed by atoms with Gasteiger partial charge < -0.3 is 5.32 Å². The highest BCUT2D eigenvalue weighted by molar-refractivity contribution is 4.89. The molecule has 1 aliphatic heterocycles. The Morgan fingerprint density at radius 2 is 2.08 bits per heavy atom. The smallest absolute Gasteiger partial charge is 0.00966 e. The van der Waals surface area contributed by atoms with Gasteiger partial charge in [0.25, 0.3) is 0 Å². The molecule has 13 heavy (non-hydrogen) atoms. The quantitative estimate of drug-likeness (QED) is 0.660. The number of nitrogens with one attached hydrogen (secondary N) is 1. The summed E-state index contributed by atoms with van der Waals surface area (Å²) in [6.45, 7) is 9.72. The summed E-state index contributed by atoms with van der Waals surface area (Å²) in [5.74, 6) is 0. The molecular weight excluding hydrogens is 160 g/mol. The fraction of sp³-hybridized carbons (Fsp3) is 1.00. The summed E-state index contributed by atoms with van der Waals surface area (Å²) in [5, 5.41) is 3.53. The minimum absolute atomic E-state index is 0.461. The van der Waals surface area contributed by atoms with Gasteiger partial charge in [0.15, 0.2) is 0 Å². The van der Waals surface area contributed by atoms with Crippen LogP contribution in [-0.4, -0.2) is 37.1 Å². The van der Waals surface area contributed by atoms with E-state index in [2.05, 4.69) is 24.1 Å². The molecule has 1 heterocycles. The van der Waals surface area contributed by atoms with Crippen molar-refractivity contribution in [2.75, 3.05) is 26.2 Å². The summed E-state index contributed by atoms with van der Waals surface area (Å²) in [4.78, 5) is 2.71. The van der Waals surface area contributed by atoms with Crippen LogP contribution in [0.4, 0.5) is 0 Å². The fourth-order valence-electron chi connectivity index (χ4n) is 2.27. The summed E-state index contributed by atoms with van der Waals surface area (Å²) in [5.41, 5.74) is 0.461. The van der Waals surface area contributed by atoms with Crippen molar-refractivity contribution in [2.24, 2.45) is 5.41 Å². The molecule has 76 valence electrons. The average Bonchev–Trinajstić information content (AvgIpc) is 2.79. The van der Waals surface area contributed by atoms with Gasteiger partial charge in [-0.3, -0.25) is 4.90 Å². The SMILES string of the molecule is CC1(C)CNCCCN(C2CC2)C1. The van der Waals surface area contributed by atoms with Crippen molar-refractivity contribution in [3.63, 3.8) is 0 Å². The predicted octanol–water partition coefficient (Wildman–Crippen LogP) is 1.47. The number of nitrogens with zero attached hydrogens (tertiary/aromatic N) is 1. The van der Waals surface area contributed by atoms with E-state index in [9.17, 15) is 0 Å². The molecule has 0 atom stereocenters. The second-order valence-electron chi connectivity index (χ2n) is 5.40. The maximum absolute atomic E-state index is 3.53. The molecule has 0 amide bonds. The van der Waals surface area contributed by atoms with Crippen LogP contribution in [0.2, 0.25) is 0 Å². The Kier molecular flexibility index (Phi) is 2.61. The van der Waals surface area contributed by atoms with Gasteiger partial charge in [0, 0.05) is 19.1 Å². The van der Waals surface area contributed by atoms with Crippen LogP contribution in [0.1, 0.15) is 33.1 Å². The number of rotatable bonds is 1. The van der Waals surface area contributed by atoms with Gasteiger partial charge in [0.2, 0.25) is 0 Å². The molecule has 1 saturated carbocycles. The molecule has 0 bridgehead atoms. The molecule has 2 fully saturated rings. The van der Waals surface area contributed by atoms with E-state index < -0.39 is 0 Å². The lowest BCUT2D eigenvalue weighted by Gasteiger charge is -2.35. The van der Waals surface area contributed by atoms with E-state index in [1.54, 1.807) is 0 Å². The van der Waals surface area contributed by atoms with E-state index >= 15 is 0 Å². The summed E-state index contributed by atoms with van der Waals surface area (Å²) >= 11 is 0. The van der Waals surface area contributed by atoms with Crippen molar-refractivity contribution in [3.05, 3.63) is 0 Å². The number of hydrogen-bond donors (Lipinski definition) is 1. The topological polar surface area (TPSA) is 15.3 Å². The normalized spacial score (nSPS) is 30.9. The van der Waals surface area contributed by atoms with Crippen LogP contribution in [0.3, 0.4) is 0 Å². The van der Waals surface area contributed by atoms with Crippen molar-refractivity contribution in [1.29, 1.82) is 0 Å². The van der Waals surface area contributed by atoms with Crippen LogP contribution in [0.5, 0.6) is 0 Å². The number of hydrogen-bond acceptors (Lipinski definition) is 2. The zero-order chi connectivity index (χ0) is 9.31. The molecular formula is C11H22N2. The fourth-order valence-corrected chi connectivity index (χ4v) is 2.27. The molecule has 0 spiro atoms. The predicted molar refractivity (Wildman–Crippen MR) is 55.9 cm³/mol. The first-order valence-electron chi connectivity index (χ1n) is 5.62. The monoisotopic (exact) mass is 182 g/mol. The molecule has 1 N–H and O–H groups in total. The van der Waals surface area contributed by atoms with Gasteiger partial charge in [-0.2, -0.15) is 0 Å². The standard InChI is InChI=1S/C11H22N2/c1-11(2)8-12-6-3-7-13(9-11)10-4-5-10/h10,12H,3-9H2,1-2H3. The van der Waals surface area contributed by atoms with Gasteiger partial charge in [0.1, 0.15) is 0 Å². The second-order valence-corrected chi connectivity index (χ2v) is 5.40. The van der Waals surface area contributed by atoms with Gasteiger partial charge in [-0.05, 0) is 37.8 Å². The Morgan fingerprint density at radius 1 is 1.31 bits per heavy atom. The molecule has 1 aliphatic carbocycles. The zero-order valence-corrected chi connectivity index (χ0v) is 8.97. The van der Waals surface area contributed by atoms with Gasteiger partial charge in [-0.25, -0.2) is 0 Å². The van der Waals surface area contributed by atoms with E-state index in [0.717, 1.165) is 6.04 Å². The molecule has 0 aromatic rings. The average molecular weight is 182 g/mol. The Hall–Kier alpha value is -0.0800. The Bertz CT molecular complexity index is 173. The first-order chi connectivity index (χ1) is 6.17. The third-order valence-corrected chi connectivity index (χ3v) is 3.10. The largest absolute Gasteiger partial charge is 0.316 e. The van der Waals surface area contributed by atoms with Crippen LogP contribution < -0.4 is 5.32 Å². The molecule has 2 aliphatic rings. The Labute approximate surface area is 81.7 Å². The highest BCUT2D eigenvalue weighted by atomic mass is 15.2. The summed E-state index contributed by atoms with van der Waals surface area (Å²) in [7, 11) is 0. The van der Waals surface area contributed by atoms with Crippen LogP contribution >= 0.6 is 0 Å². The van der Waals surface area contributed by atoms with Crippen LogP contribution in [-0.2, 0) is 0 Å². The van der Waals surface area contributed by atoms with E-state index in [0.29, 0.717) is 5.41 Å². The zero-order valence-electron chi connectivity index (χ0n) is 8.97. The maximum Gasteiger partial charge on any atom is 0.00966 e. The third kappa shape index (κ3) is 2.68. The second kappa shape index (κ2) is 3.58. The van der Waals surface area contributed by atoms with E-state index in [1.165, 1.54) is 45.4 Å². The minimum atomic E-state index is 0.461. The minimum Gasteiger partial charge on any atom is -0.316 e. The third-order valence-electron chi connectivity index (χ3n) is 3.10. The van der Waals surface area contributed by atoms with Crippen molar-refractivity contribution in [3.8, 4) is 0 Å². The van der Waals surface area contributed by atoms with Crippen molar-refractivity contribution in [2.45, 2.75) is 39.2 Å². The summed E-state index contributed by atoms with van der Waals surface area (Å²) < 4.78 is 0. The highest BCUT2D eigenvalue weighted by Crippen LogP contribution is 2.30. The van der Waals surface area contributed by atoms with Crippen LogP contribution in [0.25, 0.3) is 0 Å². The molecule has 0 aromatic heterocycles. The highest BCUT2D eigenvalue weighted by Gasteiger charge is 2.33. The van der Waals surface area contributed by atoms with E-state index in [-0.39, 0.29) is 0 Å². The summed E-state index contributed by atoms with van der Waals surface area (Å²) in [6, 6.07) is 0.942. The molecule has 1 saturated heterocycles. The maximum atomic E-state index is 3.53. The van der Waals surface area contributed by atoms with E-state index in [1.807, 2.05) is 0 Å². The first kappa shape index (κ1) is 9.47. The Morgan fingerprint density at radius 3 is 2.77 bits per heavy atom. The summed E-state index contributed by atoms with van der Waals surface area (Å²) in [6.07, 6.45) is 4.22. The van der Waals surface area contributed by atoms with Crippen molar-refractivity contribution in [1.82, 2.24) is 10.2 Å². The van der Waals surface area contributed by atoms with Gasteiger partial charge in [-0.15, -0.1) is 0 Å². The van der Waals surface area contributed by atoms with Crippen LogP contribution in [0, 0.1) is 5.41 Å². The molecule has 0 radical (unpaired) electrons. The van der Waals surface area contributed by atoms with E-state index in [4.69, 9.17) is 0 Å². The Balaban J connectivity index is 1.93. The van der Waals surface area contributed by atoms with Crippen LogP contribution in [0.15, 0.2) is 0 Å². The van der Waals surface area contributed by atoms with Crippen molar-refractivity contribution < 1.29 is 0 Å². The lowest BCUT2D eigenvalue weighted by atomic mass is 9.91. The van der Waals surface area contributed by atoms with Gasteiger partial charge >= 0.3 is 0 Å². The lowest BCUT2D eigenvalue weighted by Crippen LogP contribution is -2.45. The van der Waals surface area contributed by atoms with Gasteiger partial charge in [0.05, 0.1) is 0 Å². The van der Waals surface area contributed by atoms with Gasteiger partial charge in [-0.1, -0.05) is 13.8 Å². The molecule has 2 nitrogen and oxygen atoms in total. The molecule has 2 rings (SSSR count). The lowest BCUT2D eigenvalue weighted by molar-refractivity contribution is 0.150. The van der Waals surface area contributed by atoms with Crippen molar-refractivity contribution >= 4 is 0 Å². The first-order valence-corrected chi connectivity index (χ1v) is 5.62.